The van der Waals surface area contributed by atoms with Crippen LogP contribution in [0.5, 0.6) is 17.2 Å². The Morgan fingerprint density at radius 3 is 2.68 bits per heavy atom. The molecule has 1 spiro atoms. The summed E-state index contributed by atoms with van der Waals surface area (Å²) in [5.74, 6) is 1.91. The van der Waals surface area contributed by atoms with Crippen molar-refractivity contribution in [2.24, 2.45) is 5.41 Å². The van der Waals surface area contributed by atoms with Crippen molar-refractivity contribution in [2.45, 2.75) is 44.6 Å². The quantitative estimate of drug-likeness (QED) is 0.594. The van der Waals surface area contributed by atoms with Crippen LogP contribution in [-0.4, -0.2) is 56.2 Å². The van der Waals surface area contributed by atoms with E-state index in [4.69, 9.17) is 14.2 Å². The first kappa shape index (κ1) is 19.1. The molecule has 7 heteroatoms. The maximum atomic E-state index is 12.5. The number of carbonyl (C=O) groups excluding carboxylic acids is 2. The van der Waals surface area contributed by atoms with Crippen molar-refractivity contribution in [2.75, 3.05) is 33.4 Å². The topological polar surface area (TPSA) is 77.1 Å². The van der Waals surface area contributed by atoms with E-state index in [1.165, 1.54) is 4.90 Å². The Hall–Kier alpha value is -2.28. The summed E-state index contributed by atoms with van der Waals surface area (Å²) in [6.45, 7) is 1.96. The minimum Gasteiger partial charge on any atom is -0.493 e. The van der Waals surface area contributed by atoms with Crippen molar-refractivity contribution in [3.63, 3.8) is 0 Å². The highest BCUT2D eigenvalue weighted by Crippen LogP contribution is 2.46. The molecule has 152 valence electrons. The van der Waals surface area contributed by atoms with E-state index in [1.807, 2.05) is 18.2 Å². The summed E-state index contributed by atoms with van der Waals surface area (Å²) in [5, 5.41) is 3.28. The molecular weight excluding hydrogens is 360 g/mol. The van der Waals surface area contributed by atoms with Gasteiger partial charge < -0.3 is 19.5 Å². The average Bonchev–Trinajstić information content (AvgIpc) is 3.13. The molecular formula is C21H28N2O5. The van der Waals surface area contributed by atoms with Gasteiger partial charge in [0.05, 0.1) is 7.11 Å². The Kier molecular flexibility index (Phi) is 5.44. The maximum absolute atomic E-state index is 12.5. The van der Waals surface area contributed by atoms with E-state index in [0.29, 0.717) is 56.3 Å². The minimum absolute atomic E-state index is 0.0177. The molecule has 1 atom stereocenters. The number of methoxy groups -OCH3 is 1. The van der Waals surface area contributed by atoms with Crippen molar-refractivity contribution in [3.05, 3.63) is 18.2 Å². The summed E-state index contributed by atoms with van der Waals surface area (Å²) < 4.78 is 17.1. The summed E-state index contributed by atoms with van der Waals surface area (Å²) in [5.41, 5.74) is -0.0438. The third-order valence-electron chi connectivity index (χ3n) is 6.07. The van der Waals surface area contributed by atoms with Gasteiger partial charge >= 0.3 is 0 Å². The van der Waals surface area contributed by atoms with Gasteiger partial charge in [0.25, 0.3) is 0 Å². The van der Waals surface area contributed by atoms with Crippen LogP contribution in [0.4, 0.5) is 0 Å². The number of hydrogen-bond acceptors (Lipinski definition) is 6. The predicted molar refractivity (Wildman–Crippen MR) is 103 cm³/mol. The van der Waals surface area contributed by atoms with E-state index in [-0.39, 0.29) is 23.3 Å². The molecule has 1 aliphatic carbocycles. The van der Waals surface area contributed by atoms with Crippen molar-refractivity contribution >= 4 is 11.8 Å². The van der Waals surface area contributed by atoms with E-state index < -0.39 is 0 Å². The van der Waals surface area contributed by atoms with Crippen LogP contribution in [0.2, 0.25) is 0 Å². The third-order valence-corrected chi connectivity index (χ3v) is 6.07. The second kappa shape index (κ2) is 7.99. The third kappa shape index (κ3) is 3.81. The number of ether oxygens (including phenoxy) is 3. The van der Waals surface area contributed by atoms with Gasteiger partial charge in [-0.1, -0.05) is 18.9 Å². The van der Waals surface area contributed by atoms with Crippen LogP contribution in [0.1, 0.15) is 38.5 Å². The molecule has 0 bridgehead atoms. The molecule has 1 N–H and O–H groups in total. The maximum Gasteiger partial charge on any atom is 0.229 e. The zero-order chi connectivity index (χ0) is 19.6. The number of piperidine rings is 1. The summed E-state index contributed by atoms with van der Waals surface area (Å²) >= 11 is 0. The number of carbonyl (C=O) groups is 2. The Morgan fingerprint density at radius 2 is 1.96 bits per heavy atom. The van der Waals surface area contributed by atoms with Gasteiger partial charge in [0.2, 0.25) is 17.6 Å². The molecule has 1 saturated carbocycles. The standard InChI is InChI=1S/C21H28N2O5/c1-26-16-5-4-6-17-20(16)28-15(14-27-17)13-22-9-10-23-18(24)11-21(12-19(23)25)7-2-3-8-21/h4-6,15,22H,2-3,7-14H2,1H3. The number of amides is 2. The molecule has 1 unspecified atom stereocenters. The fourth-order valence-electron chi connectivity index (χ4n) is 4.59. The SMILES string of the molecule is COc1cccc2c1OC(CNCCN1C(=O)CC3(CCCC3)CC1=O)CO2. The van der Waals surface area contributed by atoms with E-state index >= 15 is 0 Å². The van der Waals surface area contributed by atoms with Crippen LogP contribution < -0.4 is 19.5 Å². The number of nitrogens with one attached hydrogen (secondary N) is 1. The van der Waals surface area contributed by atoms with E-state index in [2.05, 4.69) is 5.32 Å². The van der Waals surface area contributed by atoms with E-state index in [9.17, 15) is 9.59 Å². The number of nitrogens with zero attached hydrogens (tertiary/aromatic N) is 1. The number of rotatable bonds is 6. The fourth-order valence-corrected chi connectivity index (χ4v) is 4.59. The summed E-state index contributed by atoms with van der Waals surface area (Å²) in [7, 11) is 1.60. The van der Waals surface area contributed by atoms with Crippen LogP contribution in [0, 0.1) is 5.41 Å². The number of hydrogen-bond donors (Lipinski definition) is 1. The smallest absolute Gasteiger partial charge is 0.229 e. The molecule has 2 heterocycles. The lowest BCUT2D eigenvalue weighted by atomic mass is 9.76. The zero-order valence-corrected chi connectivity index (χ0v) is 16.4. The lowest BCUT2D eigenvalue weighted by molar-refractivity contribution is -0.153. The Morgan fingerprint density at radius 1 is 1.21 bits per heavy atom. The van der Waals surface area contributed by atoms with E-state index in [0.717, 1.165) is 25.7 Å². The Balaban J connectivity index is 1.24. The largest absolute Gasteiger partial charge is 0.493 e. The number of imide groups is 1. The van der Waals surface area contributed by atoms with Crippen LogP contribution >= 0.6 is 0 Å². The van der Waals surface area contributed by atoms with Crippen LogP contribution in [0.25, 0.3) is 0 Å². The molecule has 1 aromatic carbocycles. The van der Waals surface area contributed by atoms with Gasteiger partial charge in [-0.15, -0.1) is 0 Å². The summed E-state index contributed by atoms with van der Waals surface area (Å²) in [6.07, 6.45) is 5.20. The lowest BCUT2D eigenvalue weighted by Gasteiger charge is -2.37. The molecule has 1 saturated heterocycles. The van der Waals surface area contributed by atoms with Gasteiger partial charge in [-0.05, 0) is 30.4 Å². The molecule has 0 aromatic heterocycles. The van der Waals surface area contributed by atoms with Crippen molar-refractivity contribution in [3.8, 4) is 17.2 Å². The molecule has 0 radical (unpaired) electrons. The van der Waals surface area contributed by atoms with Gasteiger partial charge in [0.1, 0.15) is 12.7 Å². The highest BCUT2D eigenvalue weighted by atomic mass is 16.6. The second-order valence-corrected chi connectivity index (χ2v) is 8.04. The van der Waals surface area contributed by atoms with Gasteiger partial charge in [-0.25, -0.2) is 0 Å². The van der Waals surface area contributed by atoms with Crippen LogP contribution in [0.15, 0.2) is 18.2 Å². The second-order valence-electron chi connectivity index (χ2n) is 8.04. The summed E-state index contributed by atoms with van der Waals surface area (Å²) in [4.78, 5) is 26.4. The molecule has 3 aliphatic rings. The Labute approximate surface area is 165 Å². The molecule has 4 rings (SSSR count). The fraction of sp³-hybridized carbons (Fsp3) is 0.619. The molecule has 7 nitrogen and oxygen atoms in total. The monoisotopic (exact) mass is 388 g/mol. The molecule has 28 heavy (non-hydrogen) atoms. The number of benzene rings is 1. The normalized spacial score (nSPS) is 23.3. The van der Waals surface area contributed by atoms with Crippen molar-refractivity contribution in [1.29, 1.82) is 0 Å². The van der Waals surface area contributed by atoms with Gasteiger partial charge in [-0.2, -0.15) is 0 Å². The highest BCUT2D eigenvalue weighted by Gasteiger charge is 2.44. The van der Waals surface area contributed by atoms with Crippen LogP contribution in [-0.2, 0) is 9.59 Å². The number of fused-ring (bicyclic) bond motifs is 1. The first-order valence-electron chi connectivity index (χ1n) is 10.1. The first-order chi connectivity index (χ1) is 13.6. The summed E-state index contributed by atoms with van der Waals surface area (Å²) in [6, 6.07) is 5.55. The molecule has 2 amide bonds. The molecule has 2 fully saturated rings. The average molecular weight is 388 g/mol. The molecule has 2 aliphatic heterocycles. The minimum atomic E-state index is -0.154. The highest BCUT2D eigenvalue weighted by molar-refractivity contribution is 5.98. The van der Waals surface area contributed by atoms with Gasteiger partial charge in [0.15, 0.2) is 11.5 Å². The van der Waals surface area contributed by atoms with Crippen molar-refractivity contribution in [1.82, 2.24) is 10.2 Å². The Bertz CT molecular complexity index is 710. The first-order valence-corrected chi connectivity index (χ1v) is 10.1. The zero-order valence-electron chi connectivity index (χ0n) is 16.4. The predicted octanol–water partition coefficient (Wildman–Crippen LogP) is 2.13. The lowest BCUT2D eigenvalue weighted by Crippen LogP contribution is -2.50. The van der Waals surface area contributed by atoms with Crippen molar-refractivity contribution < 1.29 is 23.8 Å². The van der Waals surface area contributed by atoms with Gasteiger partial charge in [0, 0.05) is 32.5 Å². The molecule has 1 aromatic rings. The number of para-hydroxylation sites is 1. The van der Waals surface area contributed by atoms with E-state index in [1.54, 1.807) is 7.11 Å². The van der Waals surface area contributed by atoms with Gasteiger partial charge in [-0.3, -0.25) is 14.5 Å². The number of likely N-dealkylation sites (tertiary alicyclic amines) is 1. The van der Waals surface area contributed by atoms with Crippen LogP contribution in [0.3, 0.4) is 0 Å².